The number of fused-ring (bicyclic) bond motifs is 1. The monoisotopic (exact) mass is 349 g/mol. The Morgan fingerprint density at radius 3 is 2.65 bits per heavy atom. The number of piperidine rings is 1. The van der Waals surface area contributed by atoms with Crippen molar-refractivity contribution in [3.63, 3.8) is 0 Å². The first-order chi connectivity index (χ1) is 12.7. The SMILES string of the molecule is Cc1nc2ccccc2nc1CN1CCCC[C@H]1CCn1ccnc1C. The summed E-state index contributed by atoms with van der Waals surface area (Å²) in [6, 6.07) is 8.76. The summed E-state index contributed by atoms with van der Waals surface area (Å²) in [4.78, 5) is 16.6. The molecule has 0 radical (unpaired) electrons. The highest BCUT2D eigenvalue weighted by atomic mass is 15.2. The molecule has 5 nitrogen and oxygen atoms in total. The van der Waals surface area contributed by atoms with Crippen molar-refractivity contribution in [2.45, 2.75) is 58.7 Å². The van der Waals surface area contributed by atoms with Gasteiger partial charge in [0, 0.05) is 31.5 Å². The van der Waals surface area contributed by atoms with Crippen molar-refractivity contribution in [2.75, 3.05) is 6.54 Å². The van der Waals surface area contributed by atoms with Crippen LogP contribution in [-0.4, -0.2) is 37.0 Å². The number of rotatable bonds is 5. The smallest absolute Gasteiger partial charge is 0.105 e. The van der Waals surface area contributed by atoms with Crippen molar-refractivity contribution in [3.05, 3.63) is 53.9 Å². The number of aryl methyl sites for hydroxylation is 3. The van der Waals surface area contributed by atoms with Gasteiger partial charge < -0.3 is 4.57 Å². The molecule has 1 saturated heterocycles. The van der Waals surface area contributed by atoms with Crippen molar-refractivity contribution >= 4 is 11.0 Å². The van der Waals surface area contributed by atoms with Crippen LogP contribution >= 0.6 is 0 Å². The van der Waals surface area contributed by atoms with E-state index in [2.05, 4.69) is 40.6 Å². The van der Waals surface area contributed by atoms with Crippen LogP contribution in [0.4, 0.5) is 0 Å². The Bertz CT molecular complexity index is 885. The second-order valence-electron chi connectivity index (χ2n) is 7.32. The first kappa shape index (κ1) is 17.2. The first-order valence-electron chi connectivity index (χ1n) is 9.65. The van der Waals surface area contributed by atoms with Gasteiger partial charge in [-0.05, 0) is 51.8 Å². The molecule has 1 aliphatic rings. The van der Waals surface area contributed by atoms with E-state index >= 15 is 0 Å². The van der Waals surface area contributed by atoms with Gasteiger partial charge in [-0.25, -0.2) is 15.0 Å². The Kier molecular flexibility index (Phi) is 4.98. The quantitative estimate of drug-likeness (QED) is 0.701. The molecule has 1 fully saturated rings. The van der Waals surface area contributed by atoms with Gasteiger partial charge in [-0.3, -0.25) is 4.90 Å². The molecule has 0 unspecified atom stereocenters. The topological polar surface area (TPSA) is 46.8 Å². The summed E-state index contributed by atoms with van der Waals surface area (Å²) >= 11 is 0. The van der Waals surface area contributed by atoms with E-state index in [1.807, 2.05) is 24.4 Å². The molecule has 3 heterocycles. The van der Waals surface area contributed by atoms with Crippen LogP contribution in [0, 0.1) is 13.8 Å². The number of aromatic nitrogens is 4. The lowest BCUT2D eigenvalue weighted by atomic mass is 9.98. The lowest BCUT2D eigenvalue weighted by Crippen LogP contribution is -2.40. The van der Waals surface area contributed by atoms with E-state index in [9.17, 15) is 0 Å². The predicted molar refractivity (Wildman–Crippen MR) is 104 cm³/mol. The Labute approximate surface area is 155 Å². The molecule has 3 aromatic rings. The highest BCUT2D eigenvalue weighted by Gasteiger charge is 2.23. The van der Waals surface area contributed by atoms with Crippen LogP contribution < -0.4 is 0 Å². The van der Waals surface area contributed by atoms with E-state index in [0.29, 0.717) is 6.04 Å². The van der Waals surface area contributed by atoms with Gasteiger partial charge in [0.25, 0.3) is 0 Å². The third kappa shape index (κ3) is 3.63. The first-order valence-corrected chi connectivity index (χ1v) is 9.65. The van der Waals surface area contributed by atoms with Gasteiger partial charge in [-0.2, -0.15) is 0 Å². The molecule has 26 heavy (non-hydrogen) atoms. The number of likely N-dealkylation sites (tertiary alicyclic amines) is 1. The van der Waals surface area contributed by atoms with E-state index in [0.717, 1.165) is 54.3 Å². The minimum atomic E-state index is 0.609. The molecule has 0 aliphatic carbocycles. The molecular formula is C21H27N5. The van der Waals surface area contributed by atoms with Crippen LogP contribution in [-0.2, 0) is 13.1 Å². The maximum atomic E-state index is 4.91. The van der Waals surface area contributed by atoms with Crippen LogP contribution in [0.2, 0.25) is 0 Å². The molecule has 0 amide bonds. The molecule has 0 spiro atoms. The van der Waals surface area contributed by atoms with Gasteiger partial charge in [0.05, 0.1) is 22.4 Å². The van der Waals surface area contributed by atoms with Crippen LogP contribution in [0.3, 0.4) is 0 Å². The van der Waals surface area contributed by atoms with Crippen molar-refractivity contribution in [1.82, 2.24) is 24.4 Å². The molecule has 0 N–H and O–H groups in total. The molecule has 1 aliphatic heterocycles. The summed E-state index contributed by atoms with van der Waals surface area (Å²) in [5.74, 6) is 1.10. The Balaban J connectivity index is 1.49. The zero-order valence-electron chi connectivity index (χ0n) is 15.7. The van der Waals surface area contributed by atoms with Crippen molar-refractivity contribution < 1.29 is 0 Å². The summed E-state index contributed by atoms with van der Waals surface area (Å²) in [6.07, 6.45) is 9.02. The fourth-order valence-electron chi connectivity index (χ4n) is 3.99. The maximum absolute atomic E-state index is 4.91. The minimum absolute atomic E-state index is 0.609. The van der Waals surface area contributed by atoms with E-state index in [4.69, 9.17) is 9.97 Å². The van der Waals surface area contributed by atoms with E-state index in [1.54, 1.807) is 0 Å². The molecule has 0 saturated carbocycles. The standard InChI is InChI=1S/C21H27N5/c1-16-21(24-20-9-4-3-8-19(20)23-16)15-26-12-6-5-7-18(26)10-13-25-14-11-22-17(25)2/h3-4,8-9,11,14,18H,5-7,10,12-13,15H2,1-2H3/t18-/m0/s1. The van der Waals surface area contributed by atoms with E-state index < -0.39 is 0 Å². The number of hydrogen-bond acceptors (Lipinski definition) is 4. The molecular weight excluding hydrogens is 322 g/mol. The number of para-hydroxylation sites is 2. The third-order valence-electron chi connectivity index (χ3n) is 5.57. The minimum Gasteiger partial charge on any atom is -0.335 e. The normalized spacial score (nSPS) is 18.5. The van der Waals surface area contributed by atoms with Crippen molar-refractivity contribution in [2.24, 2.45) is 0 Å². The zero-order valence-corrected chi connectivity index (χ0v) is 15.7. The number of imidazole rings is 1. The molecule has 0 bridgehead atoms. The van der Waals surface area contributed by atoms with Crippen molar-refractivity contribution in [3.8, 4) is 0 Å². The van der Waals surface area contributed by atoms with Crippen LogP contribution in [0.1, 0.15) is 42.9 Å². The molecule has 136 valence electrons. The van der Waals surface area contributed by atoms with Gasteiger partial charge in [0.2, 0.25) is 0 Å². The molecule has 1 aromatic carbocycles. The van der Waals surface area contributed by atoms with Gasteiger partial charge in [-0.1, -0.05) is 18.6 Å². The van der Waals surface area contributed by atoms with Gasteiger partial charge in [-0.15, -0.1) is 0 Å². The summed E-state index contributed by atoms with van der Waals surface area (Å²) in [5, 5.41) is 0. The average Bonchev–Trinajstić information content (AvgIpc) is 3.06. The predicted octanol–water partition coefficient (Wildman–Crippen LogP) is 3.89. The molecule has 2 aromatic heterocycles. The fraction of sp³-hybridized carbons (Fsp3) is 0.476. The molecule has 5 heteroatoms. The average molecular weight is 349 g/mol. The van der Waals surface area contributed by atoms with Crippen molar-refractivity contribution in [1.29, 1.82) is 0 Å². The summed E-state index contributed by atoms with van der Waals surface area (Å²) in [6.45, 7) is 7.25. The largest absolute Gasteiger partial charge is 0.335 e. The van der Waals surface area contributed by atoms with Crippen LogP contribution in [0.15, 0.2) is 36.7 Å². The summed E-state index contributed by atoms with van der Waals surface area (Å²) in [5.41, 5.74) is 4.16. The third-order valence-corrected chi connectivity index (χ3v) is 5.57. The highest BCUT2D eigenvalue weighted by Crippen LogP contribution is 2.23. The van der Waals surface area contributed by atoms with E-state index in [1.165, 1.54) is 19.3 Å². The van der Waals surface area contributed by atoms with Gasteiger partial charge in [0.15, 0.2) is 0 Å². The molecule has 1 atom stereocenters. The summed E-state index contributed by atoms with van der Waals surface area (Å²) in [7, 11) is 0. The summed E-state index contributed by atoms with van der Waals surface area (Å²) < 4.78 is 2.26. The lowest BCUT2D eigenvalue weighted by Gasteiger charge is -2.36. The van der Waals surface area contributed by atoms with Crippen LogP contribution in [0.5, 0.6) is 0 Å². The lowest BCUT2D eigenvalue weighted by molar-refractivity contribution is 0.126. The second-order valence-corrected chi connectivity index (χ2v) is 7.32. The number of benzene rings is 1. The van der Waals surface area contributed by atoms with E-state index in [-0.39, 0.29) is 0 Å². The zero-order chi connectivity index (χ0) is 17.9. The van der Waals surface area contributed by atoms with Gasteiger partial charge >= 0.3 is 0 Å². The second kappa shape index (κ2) is 7.54. The number of nitrogens with zero attached hydrogens (tertiary/aromatic N) is 5. The maximum Gasteiger partial charge on any atom is 0.105 e. The Morgan fingerprint density at radius 2 is 1.88 bits per heavy atom. The van der Waals surface area contributed by atoms with Crippen LogP contribution in [0.25, 0.3) is 11.0 Å². The highest BCUT2D eigenvalue weighted by molar-refractivity contribution is 5.74. The van der Waals surface area contributed by atoms with Gasteiger partial charge in [0.1, 0.15) is 5.82 Å². The Hall–Kier alpha value is -2.27. The number of hydrogen-bond donors (Lipinski definition) is 0. The fourth-order valence-corrected chi connectivity index (χ4v) is 3.99. The Morgan fingerprint density at radius 1 is 1.08 bits per heavy atom. The molecule has 4 rings (SSSR count).